The molecular formula is C12H17N3O5. The largest absolute Gasteiger partial charge is 0.465 e. The van der Waals surface area contributed by atoms with Gasteiger partial charge in [-0.1, -0.05) is 0 Å². The number of carbonyl (C=O) groups excluding carboxylic acids is 2. The van der Waals surface area contributed by atoms with Crippen LogP contribution >= 0.6 is 0 Å². The fourth-order valence-corrected chi connectivity index (χ4v) is 1.75. The summed E-state index contributed by atoms with van der Waals surface area (Å²) in [6.45, 7) is 3.75. The topological polar surface area (TPSA) is 94.7 Å². The number of carbonyl (C=O) groups is 2. The Hall–Kier alpha value is -2.38. The SMILES string of the molecule is CCOC(=O)CN(CC)C(=O)c1ccc([N+](=O)[O-])n1C. The van der Waals surface area contributed by atoms with Crippen molar-refractivity contribution in [2.75, 3.05) is 19.7 Å². The molecule has 1 amide bonds. The van der Waals surface area contributed by atoms with E-state index in [9.17, 15) is 19.7 Å². The second-order valence-corrected chi connectivity index (χ2v) is 4.02. The third-order valence-corrected chi connectivity index (χ3v) is 2.80. The van der Waals surface area contributed by atoms with E-state index in [1.165, 1.54) is 28.6 Å². The Morgan fingerprint density at radius 2 is 2.05 bits per heavy atom. The lowest BCUT2D eigenvalue weighted by Crippen LogP contribution is -2.37. The molecule has 0 aliphatic rings. The molecule has 0 atom stereocenters. The van der Waals surface area contributed by atoms with Gasteiger partial charge in [-0.25, -0.2) is 4.57 Å². The molecule has 8 heteroatoms. The highest BCUT2D eigenvalue weighted by atomic mass is 16.6. The predicted molar refractivity (Wildman–Crippen MR) is 70.3 cm³/mol. The summed E-state index contributed by atoms with van der Waals surface area (Å²) >= 11 is 0. The number of aromatic nitrogens is 1. The minimum absolute atomic E-state index is 0.155. The van der Waals surface area contributed by atoms with E-state index < -0.39 is 16.8 Å². The first kappa shape index (κ1) is 15.7. The van der Waals surface area contributed by atoms with Crippen molar-refractivity contribution in [3.8, 4) is 0 Å². The van der Waals surface area contributed by atoms with Gasteiger partial charge in [0.25, 0.3) is 5.91 Å². The van der Waals surface area contributed by atoms with E-state index in [1.54, 1.807) is 13.8 Å². The summed E-state index contributed by atoms with van der Waals surface area (Å²) < 4.78 is 5.98. The average Bonchev–Trinajstić information content (AvgIpc) is 2.77. The number of hydrogen-bond donors (Lipinski definition) is 0. The van der Waals surface area contributed by atoms with Crippen LogP contribution in [0.1, 0.15) is 24.3 Å². The van der Waals surface area contributed by atoms with Crippen molar-refractivity contribution in [3.05, 3.63) is 27.9 Å². The molecule has 0 saturated carbocycles. The molecule has 0 spiro atoms. The monoisotopic (exact) mass is 283 g/mol. The van der Waals surface area contributed by atoms with Crippen molar-refractivity contribution in [3.63, 3.8) is 0 Å². The van der Waals surface area contributed by atoms with Gasteiger partial charge in [0.2, 0.25) is 0 Å². The fourth-order valence-electron chi connectivity index (χ4n) is 1.75. The molecular weight excluding hydrogens is 266 g/mol. The van der Waals surface area contributed by atoms with Crippen LogP contribution in [0.25, 0.3) is 0 Å². The van der Waals surface area contributed by atoms with Gasteiger partial charge in [0.05, 0.1) is 13.7 Å². The number of rotatable bonds is 6. The normalized spacial score (nSPS) is 10.2. The van der Waals surface area contributed by atoms with Crippen LogP contribution in [0.4, 0.5) is 5.82 Å². The summed E-state index contributed by atoms with van der Waals surface area (Å²) in [5, 5.41) is 10.7. The van der Waals surface area contributed by atoms with E-state index in [4.69, 9.17) is 4.74 Å². The summed E-state index contributed by atoms with van der Waals surface area (Å²) in [6.07, 6.45) is 0. The quantitative estimate of drug-likeness (QED) is 0.440. The number of nitro groups is 1. The molecule has 0 aliphatic carbocycles. The Balaban J connectivity index is 2.91. The minimum atomic E-state index is -0.571. The maximum absolute atomic E-state index is 12.2. The predicted octanol–water partition coefficient (Wildman–Crippen LogP) is 0.958. The Morgan fingerprint density at radius 1 is 1.40 bits per heavy atom. The lowest BCUT2D eigenvalue weighted by molar-refractivity contribution is -0.391. The van der Waals surface area contributed by atoms with Gasteiger partial charge < -0.3 is 19.8 Å². The molecule has 1 rings (SSSR count). The number of hydrogen-bond acceptors (Lipinski definition) is 5. The third kappa shape index (κ3) is 3.34. The van der Waals surface area contributed by atoms with Gasteiger partial charge in [0.1, 0.15) is 6.54 Å². The van der Waals surface area contributed by atoms with Crippen LogP contribution in [0.5, 0.6) is 0 Å². The summed E-state index contributed by atoms with van der Waals surface area (Å²) in [5.41, 5.74) is 0.155. The number of amides is 1. The molecule has 1 aromatic rings. The fraction of sp³-hybridized carbons (Fsp3) is 0.500. The summed E-state index contributed by atoms with van der Waals surface area (Å²) in [6, 6.07) is 2.62. The van der Waals surface area contributed by atoms with Crippen molar-refractivity contribution in [1.29, 1.82) is 0 Å². The Labute approximate surface area is 116 Å². The zero-order valence-corrected chi connectivity index (χ0v) is 11.7. The molecule has 20 heavy (non-hydrogen) atoms. The van der Waals surface area contributed by atoms with Crippen LogP contribution in [0.15, 0.2) is 12.1 Å². The van der Waals surface area contributed by atoms with Gasteiger partial charge >= 0.3 is 11.8 Å². The first-order valence-electron chi connectivity index (χ1n) is 6.17. The van der Waals surface area contributed by atoms with E-state index in [2.05, 4.69) is 0 Å². The van der Waals surface area contributed by atoms with E-state index in [1.807, 2.05) is 0 Å². The molecule has 0 unspecified atom stereocenters. The smallest absolute Gasteiger partial charge is 0.325 e. The van der Waals surface area contributed by atoms with Crippen LogP contribution in [0, 0.1) is 10.1 Å². The van der Waals surface area contributed by atoms with Crippen LogP contribution in [0.2, 0.25) is 0 Å². The third-order valence-electron chi connectivity index (χ3n) is 2.80. The molecule has 0 radical (unpaired) electrons. The maximum Gasteiger partial charge on any atom is 0.325 e. The lowest BCUT2D eigenvalue weighted by atomic mass is 10.3. The molecule has 0 aliphatic heterocycles. The van der Waals surface area contributed by atoms with Gasteiger partial charge in [-0.15, -0.1) is 0 Å². The molecule has 0 bridgehead atoms. The van der Waals surface area contributed by atoms with E-state index in [0.717, 1.165) is 0 Å². The standard InChI is InChI=1S/C12H17N3O5/c1-4-14(8-11(16)20-5-2)12(17)9-6-7-10(13(9)3)15(18)19/h6-7H,4-5,8H2,1-3H3. The lowest BCUT2D eigenvalue weighted by Gasteiger charge is -2.18. The molecule has 0 aromatic carbocycles. The molecule has 110 valence electrons. The van der Waals surface area contributed by atoms with E-state index >= 15 is 0 Å². The number of likely N-dealkylation sites (N-methyl/N-ethyl adjacent to an activating group) is 1. The Bertz CT molecular complexity index is 523. The van der Waals surface area contributed by atoms with Gasteiger partial charge in [-0.3, -0.25) is 9.59 Å². The van der Waals surface area contributed by atoms with Gasteiger partial charge in [-0.05, 0) is 24.8 Å². The van der Waals surface area contributed by atoms with Crippen molar-refractivity contribution < 1.29 is 19.2 Å². The van der Waals surface area contributed by atoms with Crippen molar-refractivity contribution >= 4 is 17.7 Å². The van der Waals surface area contributed by atoms with E-state index in [0.29, 0.717) is 6.54 Å². The molecule has 0 N–H and O–H groups in total. The average molecular weight is 283 g/mol. The summed E-state index contributed by atoms with van der Waals surface area (Å²) in [4.78, 5) is 35.1. The second kappa shape index (κ2) is 6.69. The summed E-state index contributed by atoms with van der Waals surface area (Å²) in [5.74, 6) is -1.14. The minimum Gasteiger partial charge on any atom is -0.465 e. The van der Waals surface area contributed by atoms with Crippen molar-refractivity contribution in [2.45, 2.75) is 13.8 Å². The van der Waals surface area contributed by atoms with Crippen LogP contribution in [-0.4, -0.2) is 46.0 Å². The molecule has 8 nitrogen and oxygen atoms in total. The van der Waals surface area contributed by atoms with Crippen molar-refractivity contribution in [1.82, 2.24) is 9.47 Å². The van der Waals surface area contributed by atoms with Crippen LogP contribution in [-0.2, 0) is 16.6 Å². The van der Waals surface area contributed by atoms with Crippen molar-refractivity contribution in [2.24, 2.45) is 7.05 Å². The first-order chi connectivity index (χ1) is 9.42. The number of nitrogens with zero attached hydrogens (tertiary/aromatic N) is 3. The maximum atomic E-state index is 12.2. The molecule has 0 fully saturated rings. The van der Waals surface area contributed by atoms with E-state index in [-0.39, 0.29) is 24.7 Å². The number of esters is 1. The molecule has 1 aromatic heterocycles. The highest BCUT2D eigenvalue weighted by Gasteiger charge is 2.25. The van der Waals surface area contributed by atoms with Gasteiger partial charge in [0, 0.05) is 12.6 Å². The molecule has 1 heterocycles. The van der Waals surface area contributed by atoms with Gasteiger partial charge in [0.15, 0.2) is 5.69 Å². The zero-order valence-electron chi connectivity index (χ0n) is 11.7. The van der Waals surface area contributed by atoms with Crippen LogP contribution in [0.3, 0.4) is 0 Å². The summed E-state index contributed by atoms with van der Waals surface area (Å²) in [7, 11) is 1.43. The van der Waals surface area contributed by atoms with Gasteiger partial charge in [-0.2, -0.15) is 0 Å². The Kier molecular flexibility index (Phi) is 5.24. The van der Waals surface area contributed by atoms with Crippen LogP contribution < -0.4 is 0 Å². The Morgan fingerprint density at radius 3 is 2.50 bits per heavy atom. The highest BCUT2D eigenvalue weighted by molar-refractivity contribution is 5.95. The number of ether oxygens (including phenoxy) is 1. The first-order valence-corrected chi connectivity index (χ1v) is 6.17. The second-order valence-electron chi connectivity index (χ2n) is 4.02. The zero-order chi connectivity index (χ0) is 15.3. The molecule has 0 saturated heterocycles. The highest BCUT2D eigenvalue weighted by Crippen LogP contribution is 2.16.